The molecule has 1 aromatic carbocycles. The molecule has 2 N–H and O–H groups in total. The summed E-state index contributed by atoms with van der Waals surface area (Å²) in [5, 5.41) is 14.5. The molecule has 0 atom stereocenters. The average Bonchev–Trinajstić information content (AvgIpc) is 2.93. The van der Waals surface area contributed by atoms with E-state index in [4.69, 9.17) is 0 Å². The van der Waals surface area contributed by atoms with Crippen LogP contribution in [0.5, 0.6) is 0 Å². The number of hydrogen-bond acceptors (Lipinski definition) is 6. The molecule has 0 aliphatic rings. The number of thioether (sulfide) groups is 1. The van der Waals surface area contributed by atoms with Gasteiger partial charge in [0, 0.05) is 18.5 Å². The first-order valence-electron chi connectivity index (χ1n) is 7.96. The molecule has 9 heteroatoms. The minimum absolute atomic E-state index is 0.0384. The maximum absolute atomic E-state index is 11.8. The van der Waals surface area contributed by atoms with Crippen molar-refractivity contribution in [2.75, 3.05) is 12.3 Å². The maximum atomic E-state index is 11.8. The molecule has 130 valence electrons. The van der Waals surface area contributed by atoms with Crippen molar-refractivity contribution in [3.8, 4) is 0 Å². The number of aryl methyl sites for hydroxylation is 1. The number of aromatic nitrogens is 4. The van der Waals surface area contributed by atoms with Gasteiger partial charge >= 0.3 is 6.03 Å². The van der Waals surface area contributed by atoms with Crippen LogP contribution in [0.3, 0.4) is 0 Å². The number of amides is 3. The zero-order valence-corrected chi connectivity index (χ0v) is 14.8. The van der Waals surface area contributed by atoms with E-state index >= 15 is 0 Å². The van der Waals surface area contributed by atoms with Gasteiger partial charge in [-0.1, -0.05) is 30.0 Å². The molecule has 8 nitrogen and oxygen atoms in total. The van der Waals surface area contributed by atoms with Crippen LogP contribution in [0.15, 0.2) is 29.4 Å². The molecule has 0 saturated carbocycles. The second-order valence-corrected chi connectivity index (χ2v) is 6.17. The fraction of sp³-hybridized carbons (Fsp3) is 0.312. The Kier molecular flexibility index (Phi) is 5.13. The summed E-state index contributed by atoms with van der Waals surface area (Å²) in [5.41, 5.74) is 2.54. The second kappa shape index (κ2) is 7.47. The van der Waals surface area contributed by atoms with Gasteiger partial charge in [0.15, 0.2) is 5.65 Å². The molecule has 0 aliphatic heterocycles. The van der Waals surface area contributed by atoms with Crippen molar-refractivity contribution in [2.45, 2.75) is 25.5 Å². The zero-order valence-electron chi connectivity index (χ0n) is 13.9. The van der Waals surface area contributed by atoms with Crippen LogP contribution >= 0.6 is 11.8 Å². The number of rotatable bonds is 5. The molecule has 3 rings (SSSR count). The third kappa shape index (κ3) is 3.55. The van der Waals surface area contributed by atoms with Crippen LogP contribution in [0.1, 0.15) is 13.8 Å². The molecule has 0 aliphatic carbocycles. The molecule has 0 spiro atoms. The lowest BCUT2D eigenvalue weighted by atomic mass is 10.2. The second-order valence-electron chi connectivity index (χ2n) is 5.22. The van der Waals surface area contributed by atoms with Crippen molar-refractivity contribution in [3.05, 3.63) is 24.3 Å². The van der Waals surface area contributed by atoms with Crippen LogP contribution in [0.4, 0.5) is 4.79 Å². The topological polar surface area (TPSA) is 102 Å². The molecule has 0 radical (unpaired) electrons. The lowest BCUT2D eigenvalue weighted by Crippen LogP contribution is -2.40. The van der Waals surface area contributed by atoms with E-state index in [0.717, 1.165) is 40.4 Å². The Morgan fingerprint density at radius 1 is 1.20 bits per heavy atom. The quantitative estimate of drug-likeness (QED) is 0.676. The molecule has 25 heavy (non-hydrogen) atoms. The van der Waals surface area contributed by atoms with Gasteiger partial charge in [0.05, 0.1) is 11.3 Å². The van der Waals surface area contributed by atoms with E-state index in [1.807, 2.05) is 31.2 Å². The van der Waals surface area contributed by atoms with E-state index in [1.165, 1.54) is 0 Å². The highest BCUT2D eigenvalue weighted by Crippen LogP contribution is 2.26. The van der Waals surface area contributed by atoms with Gasteiger partial charge in [-0.2, -0.15) is 0 Å². The number of para-hydroxylation sites is 1. The number of fused-ring (bicyclic) bond motifs is 3. The van der Waals surface area contributed by atoms with Gasteiger partial charge in [0.25, 0.3) is 0 Å². The fourth-order valence-electron chi connectivity index (χ4n) is 2.57. The summed E-state index contributed by atoms with van der Waals surface area (Å²) in [6.45, 7) is 5.03. The first kappa shape index (κ1) is 17.2. The van der Waals surface area contributed by atoms with E-state index < -0.39 is 11.9 Å². The van der Waals surface area contributed by atoms with Gasteiger partial charge in [0.2, 0.25) is 11.1 Å². The number of nitrogens with zero attached hydrogens (tertiary/aromatic N) is 4. The van der Waals surface area contributed by atoms with E-state index in [0.29, 0.717) is 11.7 Å². The number of nitrogens with one attached hydrogen (secondary N) is 2. The number of imide groups is 1. The van der Waals surface area contributed by atoms with Gasteiger partial charge in [0.1, 0.15) is 5.52 Å². The summed E-state index contributed by atoms with van der Waals surface area (Å²) < 4.78 is 2.07. The van der Waals surface area contributed by atoms with Crippen LogP contribution in [0, 0.1) is 0 Å². The molecule has 3 aromatic rings. The Balaban J connectivity index is 1.81. The SMILES string of the molecule is CCNC(=O)NC(=O)CSc1nnc2c3ccccc3n(CC)c2n1. The first-order chi connectivity index (χ1) is 12.1. The molecular weight excluding hydrogens is 340 g/mol. The van der Waals surface area contributed by atoms with Crippen LogP contribution < -0.4 is 10.6 Å². The third-order valence-corrected chi connectivity index (χ3v) is 4.43. The molecule has 2 aromatic heterocycles. The molecule has 0 unspecified atom stereocenters. The third-order valence-electron chi connectivity index (χ3n) is 3.59. The molecule has 0 fully saturated rings. The summed E-state index contributed by atoms with van der Waals surface area (Å²) in [7, 11) is 0. The predicted octanol–water partition coefficient (Wildman–Crippen LogP) is 1.94. The fourth-order valence-corrected chi connectivity index (χ4v) is 3.15. The Hall–Kier alpha value is -2.68. The highest BCUT2D eigenvalue weighted by atomic mass is 32.2. The number of carbonyl (C=O) groups excluding carboxylic acids is 2. The molecule has 0 saturated heterocycles. The van der Waals surface area contributed by atoms with Crippen LogP contribution in [0.25, 0.3) is 22.1 Å². The van der Waals surface area contributed by atoms with Crippen LogP contribution in [-0.2, 0) is 11.3 Å². The van der Waals surface area contributed by atoms with E-state index in [-0.39, 0.29) is 5.75 Å². The maximum Gasteiger partial charge on any atom is 0.321 e. The summed E-state index contributed by atoms with van der Waals surface area (Å²) in [6.07, 6.45) is 0. The number of urea groups is 1. The predicted molar refractivity (Wildman–Crippen MR) is 96.4 cm³/mol. The minimum atomic E-state index is -0.506. The van der Waals surface area contributed by atoms with Crippen molar-refractivity contribution in [3.63, 3.8) is 0 Å². The summed E-state index contributed by atoms with van der Waals surface area (Å²) in [6, 6.07) is 7.44. The van der Waals surface area contributed by atoms with E-state index in [9.17, 15) is 9.59 Å². The van der Waals surface area contributed by atoms with Crippen LogP contribution in [0.2, 0.25) is 0 Å². The lowest BCUT2D eigenvalue weighted by molar-refractivity contribution is -0.117. The van der Waals surface area contributed by atoms with Crippen molar-refractivity contribution in [1.29, 1.82) is 0 Å². The summed E-state index contributed by atoms with van der Waals surface area (Å²) in [4.78, 5) is 27.6. The largest absolute Gasteiger partial charge is 0.338 e. The van der Waals surface area contributed by atoms with Crippen molar-refractivity contribution in [1.82, 2.24) is 30.4 Å². The lowest BCUT2D eigenvalue weighted by Gasteiger charge is -2.04. The van der Waals surface area contributed by atoms with Gasteiger partial charge in [-0.25, -0.2) is 9.78 Å². The Bertz CT molecular complexity index is 939. The summed E-state index contributed by atoms with van der Waals surface area (Å²) in [5.74, 6) is -0.368. The highest BCUT2D eigenvalue weighted by molar-refractivity contribution is 7.99. The normalized spacial score (nSPS) is 11.0. The van der Waals surface area contributed by atoms with Crippen molar-refractivity contribution < 1.29 is 9.59 Å². The number of benzene rings is 1. The molecule has 2 heterocycles. The first-order valence-corrected chi connectivity index (χ1v) is 8.94. The van der Waals surface area contributed by atoms with Crippen molar-refractivity contribution in [2.24, 2.45) is 0 Å². The summed E-state index contributed by atoms with van der Waals surface area (Å²) >= 11 is 1.14. The zero-order chi connectivity index (χ0) is 17.8. The average molecular weight is 358 g/mol. The Labute approximate surface area is 148 Å². The number of hydrogen-bond donors (Lipinski definition) is 2. The van der Waals surface area contributed by atoms with Gasteiger partial charge in [-0.15, -0.1) is 10.2 Å². The van der Waals surface area contributed by atoms with Crippen molar-refractivity contribution >= 4 is 45.8 Å². The minimum Gasteiger partial charge on any atom is -0.338 e. The number of carbonyl (C=O) groups is 2. The standard InChI is InChI=1S/C16H18N6O2S/c1-3-17-15(24)18-12(23)9-25-16-19-14-13(20-21-16)10-7-5-6-8-11(10)22(14)4-2/h5-8H,3-4,9H2,1-2H3,(H2,17,18,23,24). The van der Waals surface area contributed by atoms with E-state index in [2.05, 4.69) is 30.4 Å². The van der Waals surface area contributed by atoms with Gasteiger partial charge in [-0.3, -0.25) is 10.1 Å². The Morgan fingerprint density at radius 2 is 2.00 bits per heavy atom. The molecule has 3 amide bonds. The van der Waals surface area contributed by atoms with Gasteiger partial charge < -0.3 is 9.88 Å². The van der Waals surface area contributed by atoms with Gasteiger partial charge in [-0.05, 0) is 19.9 Å². The smallest absolute Gasteiger partial charge is 0.321 e. The molecular formula is C16H18N6O2S. The Morgan fingerprint density at radius 3 is 2.76 bits per heavy atom. The highest BCUT2D eigenvalue weighted by Gasteiger charge is 2.15. The van der Waals surface area contributed by atoms with Crippen LogP contribution in [-0.4, -0.2) is 44.0 Å². The van der Waals surface area contributed by atoms with E-state index in [1.54, 1.807) is 6.92 Å². The molecule has 0 bridgehead atoms. The monoisotopic (exact) mass is 358 g/mol.